The molecule has 1 saturated heterocycles. The molecule has 0 aromatic carbocycles. The number of guanidine groups is 1. The van der Waals surface area contributed by atoms with Crippen LogP contribution >= 0.6 is 24.0 Å². The summed E-state index contributed by atoms with van der Waals surface area (Å²) in [5, 5.41) is 11.2. The van der Waals surface area contributed by atoms with Gasteiger partial charge in [0, 0.05) is 33.8 Å². The number of aryl methyl sites for hydroxylation is 2. The van der Waals surface area contributed by atoms with Crippen LogP contribution in [0.2, 0.25) is 0 Å². The van der Waals surface area contributed by atoms with E-state index in [4.69, 9.17) is 4.74 Å². The van der Waals surface area contributed by atoms with Gasteiger partial charge in [0.2, 0.25) is 5.91 Å². The Morgan fingerprint density at radius 1 is 1.37 bits per heavy atom. The predicted molar refractivity (Wildman–Crippen MR) is 113 cm³/mol. The lowest BCUT2D eigenvalue weighted by molar-refractivity contribution is -0.127. The second-order valence-corrected chi connectivity index (χ2v) is 7.05. The summed E-state index contributed by atoms with van der Waals surface area (Å²) >= 11 is 0. The van der Waals surface area contributed by atoms with Crippen LogP contribution in [0.15, 0.2) is 4.99 Å². The molecule has 0 aliphatic carbocycles. The summed E-state index contributed by atoms with van der Waals surface area (Å²) in [5.74, 6) is 2.29. The van der Waals surface area contributed by atoms with Crippen LogP contribution in [-0.2, 0) is 16.1 Å². The number of nitrogens with one attached hydrogen (secondary N) is 2. The van der Waals surface area contributed by atoms with Crippen LogP contribution in [0.25, 0.3) is 0 Å². The molecular formula is C17H30IN7O2. The van der Waals surface area contributed by atoms with Crippen molar-refractivity contribution in [1.82, 2.24) is 30.3 Å². The topological polar surface area (TPSA) is 96.7 Å². The predicted octanol–water partition coefficient (Wildman–Crippen LogP) is 0.842. The zero-order valence-electron chi connectivity index (χ0n) is 16.3. The van der Waals surface area contributed by atoms with Crippen LogP contribution < -0.4 is 10.6 Å². The van der Waals surface area contributed by atoms with Crippen LogP contribution in [0.1, 0.15) is 43.4 Å². The van der Waals surface area contributed by atoms with Gasteiger partial charge in [0.05, 0.1) is 12.1 Å². The maximum Gasteiger partial charge on any atom is 0.243 e. The van der Waals surface area contributed by atoms with Gasteiger partial charge in [-0.15, -0.1) is 24.0 Å². The fraction of sp³-hybridized carbons (Fsp3) is 0.765. The molecule has 1 aromatic rings. The Morgan fingerprint density at radius 3 is 2.89 bits per heavy atom. The highest BCUT2D eigenvalue weighted by Crippen LogP contribution is 2.22. The number of rotatable bonds is 5. The van der Waals surface area contributed by atoms with E-state index in [9.17, 15) is 4.79 Å². The molecule has 10 heteroatoms. The van der Waals surface area contributed by atoms with Gasteiger partial charge in [0.1, 0.15) is 18.2 Å². The molecule has 1 amide bonds. The first-order chi connectivity index (χ1) is 12.5. The molecule has 1 fully saturated rings. The minimum Gasteiger partial charge on any atom is -0.376 e. The zero-order chi connectivity index (χ0) is 18.5. The summed E-state index contributed by atoms with van der Waals surface area (Å²) in [6.07, 6.45) is 4.33. The molecule has 2 aliphatic heterocycles. The average Bonchev–Trinajstić information content (AvgIpc) is 3.25. The SMILES string of the molecule is Cc1nc2n(n1)CCCC2NC(=NCC(=O)N(C)C)NCC1CCCO1.I. The number of aromatic nitrogens is 3. The monoisotopic (exact) mass is 491 g/mol. The third kappa shape index (κ3) is 6.03. The van der Waals surface area contributed by atoms with Crippen molar-refractivity contribution in [3.8, 4) is 0 Å². The summed E-state index contributed by atoms with van der Waals surface area (Å²) in [6, 6.07) is 0.0372. The zero-order valence-corrected chi connectivity index (χ0v) is 18.6. The summed E-state index contributed by atoms with van der Waals surface area (Å²) in [7, 11) is 3.47. The van der Waals surface area contributed by atoms with Crippen molar-refractivity contribution in [2.75, 3.05) is 33.8 Å². The van der Waals surface area contributed by atoms with Crippen molar-refractivity contribution in [3.05, 3.63) is 11.6 Å². The molecule has 3 rings (SSSR count). The number of hydrogen-bond donors (Lipinski definition) is 2. The molecule has 152 valence electrons. The van der Waals surface area contributed by atoms with Crippen LogP contribution in [0, 0.1) is 6.92 Å². The molecular weight excluding hydrogens is 461 g/mol. The Morgan fingerprint density at radius 2 is 2.19 bits per heavy atom. The largest absolute Gasteiger partial charge is 0.376 e. The van der Waals surface area contributed by atoms with E-state index >= 15 is 0 Å². The Bertz CT molecular complexity index is 656. The van der Waals surface area contributed by atoms with Gasteiger partial charge in [-0.2, -0.15) is 5.10 Å². The van der Waals surface area contributed by atoms with E-state index in [1.54, 1.807) is 19.0 Å². The minimum absolute atomic E-state index is 0. The Kier molecular flexibility index (Phi) is 8.27. The van der Waals surface area contributed by atoms with E-state index < -0.39 is 0 Å². The quantitative estimate of drug-likeness (QED) is 0.360. The maximum absolute atomic E-state index is 11.9. The van der Waals surface area contributed by atoms with Gasteiger partial charge in [-0.05, 0) is 32.6 Å². The molecule has 9 nitrogen and oxygen atoms in total. The molecule has 2 N–H and O–H groups in total. The average molecular weight is 491 g/mol. The minimum atomic E-state index is -0.0362. The summed E-state index contributed by atoms with van der Waals surface area (Å²) in [5.41, 5.74) is 0. The van der Waals surface area contributed by atoms with Crippen molar-refractivity contribution in [1.29, 1.82) is 0 Å². The van der Waals surface area contributed by atoms with Crippen molar-refractivity contribution in [2.45, 2.75) is 51.3 Å². The van der Waals surface area contributed by atoms with E-state index in [0.717, 1.165) is 50.5 Å². The lowest BCUT2D eigenvalue weighted by Crippen LogP contribution is -2.44. The first kappa shape index (κ1) is 21.9. The van der Waals surface area contributed by atoms with Gasteiger partial charge >= 0.3 is 0 Å². The van der Waals surface area contributed by atoms with E-state index in [2.05, 4.69) is 25.7 Å². The number of hydrogen-bond acceptors (Lipinski definition) is 5. The fourth-order valence-electron chi connectivity index (χ4n) is 3.23. The number of ether oxygens (including phenoxy) is 1. The van der Waals surface area contributed by atoms with E-state index in [-0.39, 0.29) is 48.6 Å². The van der Waals surface area contributed by atoms with E-state index in [1.165, 1.54) is 0 Å². The van der Waals surface area contributed by atoms with Gasteiger partial charge in [0.25, 0.3) is 0 Å². The molecule has 0 bridgehead atoms. The third-order valence-electron chi connectivity index (χ3n) is 4.68. The highest BCUT2D eigenvalue weighted by molar-refractivity contribution is 14.0. The van der Waals surface area contributed by atoms with E-state index in [0.29, 0.717) is 12.5 Å². The number of carbonyl (C=O) groups excluding carboxylic acids is 1. The molecule has 3 heterocycles. The van der Waals surface area contributed by atoms with Crippen LogP contribution in [0.5, 0.6) is 0 Å². The normalized spacial score (nSPS) is 22.0. The lowest BCUT2D eigenvalue weighted by Gasteiger charge is -2.25. The summed E-state index contributed by atoms with van der Waals surface area (Å²) in [6.45, 7) is 4.40. The number of halogens is 1. The van der Waals surface area contributed by atoms with Crippen molar-refractivity contribution >= 4 is 35.8 Å². The number of fused-ring (bicyclic) bond motifs is 1. The first-order valence-electron chi connectivity index (χ1n) is 9.31. The van der Waals surface area contributed by atoms with Crippen molar-refractivity contribution in [3.63, 3.8) is 0 Å². The Balaban J connectivity index is 0.00000261. The van der Waals surface area contributed by atoms with Crippen LogP contribution in [-0.4, -0.2) is 71.4 Å². The molecule has 0 spiro atoms. The number of amides is 1. The highest BCUT2D eigenvalue weighted by atomic mass is 127. The van der Waals surface area contributed by atoms with E-state index in [1.807, 2.05) is 11.6 Å². The van der Waals surface area contributed by atoms with Gasteiger partial charge in [-0.25, -0.2) is 14.7 Å². The molecule has 2 unspecified atom stereocenters. The number of nitrogens with zero attached hydrogens (tertiary/aromatic N) is 5. The number of carbonyl (C=O) groups is 1. The second-order valence-electron chi connectivity index (χ2n) is 7.05. The standard InChI is InChI=1S/C17H29N7O2.HI/c1-12-20-16-14(7-4-8-24(16)22-12)21-17(19-11-15(25)23(2)3)18-10-13-6-5-9-26-13;/h13-14H,4-11H2,1-3H3,(H2,18,19,21);1H. The molecule has 2 aliphatic rings. The molecule has 27 heavy (non-hydrogen) atoms. The Labute approximate surface area is 177 Å². The van der Waals surface area contributed by atoms with Gasteiger partial charge < -0.3 is 20.3 Å². The smallest absolute Gasteiger partial charge is 0.243 e. The second kappa shape index (κ2) is 10.2. The highest BCUT2D eigenvalue weighted by Gasteiger charge is 2.25. The molecule has 0 saturated carbocycles. The number of aliphatic imine (C=N–C) groups is 1. The lowest BCUT2D eigenvalue weighted by atomic mass is 10.1. The van der Waals surface area contributed by atoms with Crippen molar-refractivity contribution < 1.29 is 9.53 Å². The molecule has 1 aromatic heterocycles. The summed E-state index contributed by atoms with van der Waals surface area (Å²) in [4.78, 5) is 22.5. The van der Waals surface area contributed by atoms with Gasteiger partial charge in [0.15, 0.2) is 5.96 Å². The third-order valence-corrected chi connectivity index (χ3v) is 4.68. The maximum atomic E-state index is 11.9. The Hall–Kier alpha value is -1.43. The first-order valence-corrected chi connectivity index (χ1v) is 9.31. The van der Waals surface area contributed by atoms with Gasteiger partial charge in [-0.1, -0.05) is 0 Å². The fourth-order valence-corrected chi connectivity index (χ4v) is 3.23. The molecule has 2 atom stereocenters. The number of likely N-dealkylation sites (N-methyl/N-ethyl adjacent to an activating group) is 1. The molecule has 0 radical (unpaired) electrons. The van der Waals surface area contributed by atoms with Gasteiger partial charge in [-0.3, -0.25) is 4.79 Å². The summed E-state index contributed by atoms with van der Waals surface area (Å²) < 4.78 is 7.63. The van der Waals surface area contributed by atoms with Crippen LogP contribution in [0.3, 0.4) is 0 Å². The van der Waals surface area contributed by atoms with Crippen LogP contribution in [0.4, 0.5) is 0 Å². The van der Waals surface area contributed by atoms with Crippen molar-refractivity contribution in [2.24, 2.45) is 4.99 Å².